The Morgan fingerprint density at radius 2 is 2.11 bits per heavy atom. The summed E-state index contributed by atoms with van der Waals surface area (Å²) in [6.07, 6.45) is 4.04. The fraction of sp³-hybridized carbons (Fsp3) is 0.316. The Kier molecular flexibility index (Phi) is 6.95. The van der Waals surface area contributed by atoms with Crippen LogP contribution < -0.4 is 10.6 Å². The third-order valence-electron chi connectivity index (χ3n) is 4.07. The van der Waals surface area contributed by atoms with Gasteiger partial charge >= 0.3 is 0 Å². The number of benzene rings is 1. The molecular weight excluding hydrogens is 380 g/mol. The number of hydrogen-bond acceptors (Lipinski definition) is 4. The fourth-order valence-electron chi connectivity index (χ4n) is 2.72. The van der Waals surface area contributed by atoms with Crippen LogP contribution in [0.2, 0.25) is 5.02 Å². The highest BCUT2D eigenvalue weighted by atomic mass is 35.5. The van der Waals surface area contributed by atoms with Crippen LogP contribution in [0.15, 0.2) is 53.7 Å². The summed E-state index contributed by atoms with van der Waals surface area (Å²) in [6.45, 7) is 4.02. The number of guanidine groups is 1. The van der Waals surface area contributed by atoms with Gasteiger partial charge in [0.25, 0.3) is 0 Å². The summed E-state index contributed by atoms with van der Waals surface area (Å²) in [5, 5.41) is 16.1. The van der Waals surface area contributed by atoms with E-state index in [1.54, 1.807) is 11.8 Å². The Labute approximate surface area is 168 Å². The number of nitrogens with one attached hydrogen (secondary N) is 2. The zero-order valence-corrected chi connectivity index (χ0v) is 17.0. The molecule has 1 unspecified atom stereocenters. The van der Waals surface area contributed by atoms with Crippen molar-refractivity contribution in [1.82, 2.24) is 25.2 Å². The van der Waals surface area contributed by atoms with Gasteiger partial charge in [0, 0.05) is 29.6 Å². The first-order valence-corrected chi connectivity index (χ1v) is 10.5. The Balaban J connectivity index is 1.68. The molecule has 3 aromatic rings. The van der Waals surface area contributed by atoms with Gasteiger partial charge in [-0.2, -0.15) is 11.8 Å². The van der Waals surface area contributed by atoms with Gasteiger partial charge in [-0.15, -0.1) is 10.2 Å². The van der Waals surface area contributed by atoms with Gasteiger partial charge in [-0.3, -0.25) is 4.40 Å². The summed E-state index contributed by atoms with van der Waals surface area (Å²) in [4.78, 5) is 4.66. The van der Waals surface area contributed by atoms with Crippen LogP contribution in [-0.4, -0.2) is 39.9 Å². The monoisotopic (exact) mass is 402 g/mol. The van der Waals surface area contributed by atoms with Crippen molar-refractivity contribution >= 4 is 35.0 Å². The van der Waals surface area contributed by atoms with Crippen molar-refractivity contribution in [2.75, 3.05) is 19.3 Å². The van der Waals surface area contributed by atoms with Gasteiger partial charge in [-0.05, 0) is 43.0 Å². The second kappa shape index (κ2) is 9.62. The molecule has 0 saturated carbocycles. The molecule has 0 spiro atoms. The van der Waals surface area contributed by atoms with E-state index in [2.05, 4.69) is 38.1 Å². The second-order valence-electron chi connectivity index (χ2n) is 5.90. The molecule has 0 aliphatic heterocycles. The molecule has 8 heteroatoms. The maximum atomic E-state index is 6.13. The molecule has 0 radical (unpaired) electrons. The summed E-state index contributed by atoms with van der Waals surface area (Å²) in [5.74, 6) is 1.56. The molecule has 2 heterocycles. The Bertz CT molecular complexity index is 910. The van der Waals surface area contributed by atoms with Crippen LogP contribution in [0.25, 0.3) is 5.65 Å². The normalized spacial score (nSPS) is 12.9. The van der Waals surface area contributed by atoms with Crippen LogP contribution in [0.3, 0.4) is 0 Å². The van der Waals surface area contributed by atoms with Crippen LogP contribution in [0, 0.1) is 0 Å². The average molecular weight is 403 g/mol. The maximum absolute atomic E-state index is 6.13. The van der Waals surface area contributed by atoms with Gasteiger partial charge in [0.2, 0.25) is 0 Å². The highest BCUT2D eigenvalue weighted by Crippen LogP contribution is 2.27. The largest absolute Gasteiger partial charge is 0.357 e. The lowest BCUT2D eigenvalue weighted by molar-refractivity contribution is 0.780. The van der Waals surface area contributed by atoms with Gasteiger partial charge in [0.1, 0.15) is 6.54 Å². The SMILES string of the molecule is CCNC(=NCc1nnc2ccccn12)NCC(SC)c1cccc(Cl)c1. The molecule has 0 aliphatic carbocycles. The quantitative estimate of drug-likeness (QED) is 0.467. The zero-order valence-electron chi connectivity index (χ0n) is 15.4. The van der Waals surface area contributed by atoms with E-state index in [0.29, 0.717) is 6.54 Å². The molecule has 0 fully saturated rings. The summed E-state index contributed by atoms with van der Waals surface area (Å²) >= 11 is 7.91. The number of aliphatic imine (C=N–C) groups is 1. The molecule has 0 amide bonds. The molecule has 27 heavy (non-hydrogen) atoms. The van der Waals surface area contributed by atoms with Crippen LogP contribution >= 0.6 is 23.4 Å². The molecule has 2 aromatic heterocycles. The molecule has 0 saturated heterocycles. The van der Waals surface area contributed by atoms with E-state index in [1.165, 1.54) is 5.56 Å². The summed E-state index contributed by atoms with van der Waals surface area (Å²) in [7, 11) is 0. The first-order chi connectivity index (χ1) is 13.2. The number of nitrogens with zero attached hydrogens (tertiary/aromatic N) is 4. The predicted octanol–water partition coefficient (Wildman–Crippen LogP) is 3.54. The number of aromatic nitrogens is 3. The highest BCUT2D eigenvalue weighted by Gasteiger charge is 2.12. The first kappa shape index (κ1) is 19.5. The first-order valence-electron chi connectivity index (χ1n) is 8.80. The van der Waals surface area contributed by atoms with Crippen molar-refractivity contribution in [3.05, 3.63) is 65.1 Å². The van der Waals surface area contributed by atoms with Crippen LogP contribution in [0.5, 0.6) is 0 Å². The number of pyridine rings is 1. The van der Waals surface area contributed by atoms with Crippen molar-refractivity contribution in [3.8, 4) is 0 Å². The number of thioether (sulfide) groups is 1. The lowest BCUT2D eigenvalue weighted by atomic mass is 10.1. The van der Waals surface area contributed by atoms with E-state index in [1.807, 2.05) is 53.9 Å². The van der Waals surface area contributed by atoms with Crippen LogP contribution in [0.4, 0.5) is 0 Å². The minimum absolute atomic E-state index is 0.279. The van der Waals surface area contributed by atoms with E-state index in [4.69, 9.17) is 11.6 Å². The Morgan fingerprint density at radius 3 is 2.89 bits per heavy atom. The predicted molar refractivity (Wildman–Crippen MR) is 114 cm³/mol. The van der Waals surface area contributed by atoms with Crippen molar-refractivity contribution in [2.45, 2.75) is 18.7 Å². The number of halogens is 1. The average Bonchev–Trinajstić information content (AvgIpc) is 3.10. The van der Waals surface area contributed by atoms with Gasteiger partial charge < -0.3 is 10.6 Å². The Morgan fingerprint density at radius 1 is 1.22 bits per heavy atom. The van der Waals surface area contributed by atoms with Gasteiger partial charge in [0.15, 0.2) is 17.4 Å². The minimum atomic E-state index is 0.279. The van der Waals surface area contributed by atoms with Gasteiger partial charge in [-0.25, -0.2) is 4.99 Å². The third kappa shape index (κ3) is 5.14. The molecule has 0 aliphatic rings. The van der Waals surface area contributed by atoms with E-state index in [-0.39, 0.29) is 5.25 Å². The van der Waals surface area contributed by atoms with Crippen molar-refractivity contribution in [2.24, 2.45) is 4.99 Å². The standard InChI is InChI=1S/C19H23ClN6S/c1-3-21-19(22-12-16(27-2)14-7-6-8-15(20)11-14)23-13-18-25-24-17-9-4-5-10-26(17)18/h4-11,16H,3,12-13H2,1-2H3,(H2,21,22,23). The number of fused-ring (bicyclic) bond motifs is 1. The maximum Gasteiger partial charge on any atom is 0.191 e. The summed E-state index contributed by atoms with van der Waals surface area (Å²) < 4.78 is 1.95. The summed E-state index contributed by atoms with van der Waals surface area (Å²) in [6, 6.07) is 13.8. The van der Waals surface area contributed by atoms with Crippen molar-refractivity contribution in [3.63, 3.8) is 0 Å². The highest BCUT2D eigenvalue weighted by molar-refractivity contribution is 7.98. The van der Waals surface area contributed by atoms with Gasteiger partial charge in [-0.1, -0.05) is 29.8 Å². The second-order valence-corrected chi connectivity index (χ2v) is 7.38. The lowest BCUT2D eigenvalue weighted by Crippen LogP contribution is -2.39. The van der Waals surface area contributed by atoms with E-state index >= 15 is 0 Å². The van der Waals surface area contributed by atoms with Crippen LogP contribution in [0.1, 0.15) is 23.6 Å². The smallest absolute Gasteiger partial charge is 0.191 e. The van der Waals surface area contributed by atoms with E-state index < -0.39 is 0 Å². The molecule has 3 rings (SSSR count). The van der Waals surface area contributed by atoms with Crippen LogP contribution in [-0.2, 0) is 6.54 Å². The fourth-order valence-corrected chi connectivity index (χ4v) is 3.59. The molecule has 1 aromatic carbocycles. The Hall–Kier alpha value is -2.25. The molecule has 1 atom stereocenters. The van der Waals surface area contributed by atoms with E-state index in [9.17, 15) is 0 Å². The number of rotatable bonds is 7. The minimum Gasteiger partial charge on any atom is -0.357 e. The van der Waals surface area contributed by atoms with Gasteiger partial charge in [0.05, 0.1) is 0 Å². The lowest BCUT2D eigenvalue weighted by Gasteiger charge is -2.18. The third-order valence-corrected chi connectivity index (χ3v) is 5.31. The summed E-state index contributed by atoms with van der Waals surface area (Å²) in [5.41, 5.74) is 2.02. The zero-order chi connectivity index (χ0) is 19.1. The molecular formula is C19H23ClN6S. The molecule has 142 valence electrons. The van der Waals surface area contributed by atoms with E-state index in [0.717, 1.165) is 35.5 Å². The molecule has 6 nitrogen and oxygen atoms in total. The molecule has 2 N–H and O–H groups in total. The topological polar surface area (TPSA) is 66.6 Å². The van der Waals surface area contributed by atoms with Crippen molar-refractivity contribution < 1.29 is 0 Å². The van der Waals surface area contributed by atoms with Crippen molar-refractivity contribution in [1.29, 1.82) is 0 Å². The molecule has 0 bridgehead atoms. The number of hydrogen-bond donors (Lipinski definition) is 2.